The van der Waals surface area contributed by atoms with Crippen LogP contribution in [0.1, 0.15) is 12.5 Å². The van der Waals surface area contributed by atoms with Crippen molar-refractivity contribution in [2.24, 2.45) is 4.40 Å². The quantitative estimate of drug-likeness (QED) is 0.831. The monoisotopic (exact) mass is 394 g/mol. The van der Waals surface area contributed by atoms with Crippen molar-refractivity contribution in [3.8, 4) is 0 Å². The third-order valence-corrected chi connectivity index (χ3v) is 5.31. The van der Waals surface area contributed by atoms with Crippen molar-refractivity contribution in [2.45, 2.75) is 6.92 Å². The molecular weight excluding hydrogens is 383 g/mol. The molecule has 3 rings (SSSR count). The lowest BCUT2D eigenvalue weighted by molar-refractivity contribution is 0.608. The Morgan fingerprint density at radius 1 is 1.13 bits per heavy atom. The minimum Gasteiger partial charge on any atom is -0.339 e. The van der Waals surface area contributed by atoms with Gasteiger partial charge in [0, 0.05) is 15.7 Å². The molecule has 7 heteroatoms. The van der Waals surface area contributed by atoms with Gasteiger partial charge in [0.25, 0.3) is 10.0 Å². The molecule has 0 unspecified atom stereocenters. The van der Waals surface area contributed by atoms with E-state index in [9.17, 15) is 12.8 Å². The molecule has 1 aliphatic heterocycles. The van der Waals surface area contributed by atoms with Crippen LogP contribution in [0.4, 0.5) is 10.1 Å². The number of hydrogen-bond donors (Lipinski definition) is 1. The average Bonchev–Trinajstić information content (AvgIpc) is 2.68. The van der Waals surface area contributed by atoms with E-state index in [2.05, 4.69) is 25.6 Å². The number of sulfonamides is 1. The van der Waals surface area contributed by atoms with E-state index >= 15 is 0 Å². The fourth-order valence-corrected chi connectivity index (χ4v) is 4.17. The summed E-state index contributed by atoms with van der Waals surface area (Å²) >= 11 is 3.33. The summed E-state index contributed by atoms with van der Waals surface area (Å²) in [6.45, 7) is 1.67. The zero-order chi connectivity index (χ0) is 16.6. The van der Waals surface area contributed by atoms with Gasteiger partial charge in [-0.15, -0.1) is 4.40 Å². The number of benzene rings is 2. The van der Waals surface area contributed by atoms with Gasteiger partial charge >= 0.3 is 0 Å². The Kier molecular flexibility index (Phi) is 4.08. The first-order valence-corrected chi connectivity index (χ1v) is 8.95. The fourth-order valence-electron chi connectivity index (χ4n) is 2.35. The van der Waals surface area contributed by atoms with Crippen LogP contribution in [0.2, 0.25) is 0 Å². The summed E-state index contributed by atoms with van der Waals surface area (Å²) < 4.78 is 42.6. The Bertz CT molecular complexity index is 952. The molecule has 0 saturated heterocycles. The largest absolute Gasteiger partial charge is 0.339 e. The van der Waals surface area contributed by atoms with Crippen molar-refractivity contribution >= 4 is 42.4 Å². The lowest BCUT2D eigenvalue weighted by Crippen LogP contribution is -2.11. The lowest BCUT2D eigenvalue weighted by Gasteiger charge is -2.07. The van der Waals surface area contributed by atoms with Gasteiger partial charge in [0.05, 0.1) is 0 Å². The molecular formula is C16H12BrFN2O2S. The van der Waals surface area contributed by atoms with Crippen molar-refractivity contribution in [2.75, 3.05) is 5.32 Å². The first-order valence-electron chi connectivity index (χ1n) is 6.71. The SMILES string of the molecule is CC1=C(c2cccc(Br)c2)S(=O)(=O)N=C1Nc1cccc(F)c1. The van der Waals surface area contributed by atoms with Gasteiger partial charge in [-0.1, -0.05) is 34.1 Å². The van der Waals surface area contributed by atoms with Crippen LogP contribution in [0.5, 0.6) is 0 Å². The zero-order valence-corrected chi connectivity index (χ0v) is 14.4. The molecule has 2 aromatic carbocycles. The standard InChI is InChI=1S/C16H12BrFN2O2S/c1-10-15(11-4-2-5-12(17)8-11)23(21,22)20-16(10)19-14-7-3-6-13(18)9-14/h2-9H,1H3,(H,19,20). The molecule has 0 aromatic heterocycles. The molecule has 1 heterocycles. The predicted octanol–water partition coefficient (Wildman–Crippen LogP) is 4.17. The second-order valence-corrected chi connectivity index (χ2v) is 7.47. The maximum Gasteiger partial charge on any atom is 0.285 e. The summed E-state index contributed by atoms with van der Waals surface area (Å²) in [6.07, 6.45) is 0. The van der Waals surface area contributed by atoms with E-state index in [0.29, 0.717) is 16.8 Å². The predicted molar refractivity (Wildman–Crippen MR) is 93.1 cm³/mol. The number of hydrogen-bond acceptors (Lipinski definition) is 3. The van der Waals surface area contributed by atoms with Crippen LogP contribution in [0.15, 0.2) is 63.0 Å². The van der Waals surface area contributed by atoms with Gasteiger partial charge in [0.15, 0.2) is 0 Å². The molecule has 23 heavy (non-hydrogen) atoms. The Morgan fingerprint density at radius 2 is 1.87 bits per heavy atom. The fraction of sp³-hybridized carbons (Fsp3) is 0.0625. The smallest absolute Gasteiger partial charge is 0.285 e. The summed E-state index contributed by atoms with van der Waals surface area (Å²) in [5.74, 6) is -0.212. The number of rotatable bonds is 2. The van der Waals surface area contributed by atoms with E-state index in [0.717, 1.165) is 4.47 Å². The maximum atomic E-state index is 13.3. The van der Waals surface area contributed by atoms with E-state index in [1.165, 1.54) is 18.2 Å². The van der Waals surface area contributed by atoms with Crippen molar-refractivity contribution in [1.29, 1.82) is 0 Å². The highest BCUT2D eigenvalue weighted by molar-refractivity contribution is 9.10. The number of anilines is 1. The van der Waals surface area contributed by atoms with Crippen LogP contribution < -0.4 is 5.32 Å². The topological polar surface area (TPSA) is 58.5 Å². The second-order valence-electron chi connectivity index (χ2n) is 5.01. The van der Waals surface area contributed by atoms with Gasteiger partial charge in [0.1, 0.15) is 16.6 Å². The van der Waals surface area contributed by atoms with Crippen LogP contribution in [-0.4, -0.2) is 14.3 Å². The van der Waals surface area contributed by atoms with Crippen molar-refractivity contribution in [1.82, 2.24) is 0 Å². The van der Waals surface area contributed by atoms with Crippen LogP contribution in [-0.2, 0) is 10.0 Å². The number of nitrogens with one attached hydrogen (secondary N) is 1. The summed E-state index contributed by atoms with van der Waals surface area (Å²) in [5.41, 5.74) is 1.48. The Hall–Kier alpha value is -1.99. The van der Waals surface area contributed by atoms with E-state index in [4.69, 9.17) is 0 Å². The normalized spacial score (nSPS) is 16.4. The molecule has 0 saturated carbocycles. The Morgan fingerprint density at radius 3 is 2.57 bits per heavy atom. The molecule has 0 amide bonds. The van der Waals surface area contributed by atoms with Crippen molar-refractivity contribution in [3.05, 3.63) is 70.0 Å². The molecule has 0 bridgehead atoms. The average molecular weight is 395 g/mol. The molecule has 1 N–H and O–H groups in total. The number of amidine groups is 1. The first-order chi connectivity index (χ1) is 10.9. The van der Waals surface area contributed by atoms with E-state index in [1.54, 1.807) is 31.2 Å². The van der Waals surface area contributed by atoms with Gasteiger partial charge in [-0.05, 0) is 42.8 Å². The molecule has 0 atom stereocenters. The van der Waals surface area contributed by atoms with E-state index in [-0.39, 0.29) is 10.7 Å². The highest BCUT2D eigenvalue weighted by Gasteiger charge is 2.31. The van der Waals surface area contributed by atoms with Crippen molar-refractivity contribution in [3.63, 3.8) is 0 Å². The minimum atomic E-state index is -3.79. The Labute approximate surface area is 141 Å². The molecule has 0 spiro atoms. The third kappa shape index (κ3) is 3.20. The molecule has 2 aromatic rings. The van der Waals surface area contributed by atoms with Gasteiger partial charge in [-0.3, -0.25) is 0 Å². The Balaban J connectivity index is 2.03. The second kappa shape index (κ2) is 5.90. The van der Waals surface area contributed by atoms with Crippen molar-refractivity contribution < 1.29 is 12.8 Å². The first kappa shape index (κ1) is 15.9. The van der Waals surface area contributed by atoms with Crippen LogP contribution in [0.25, 0.3) is 4.91 Å². The highest BCUT2D eigenvalue weighted by atomic mass is 79.9. The summed E-state index contributed by atoms with van der Waals surface area (Å²) in [4.78, 5) is 0.151. The zero-order valence-electron chi connectivity index (χ0n) is 12.0. The number of nitrogens with zero attached hydrogens (tertiary/aromatic N) is 1. The molecule has 0 fully saturated rings. The minimum absolute atomic E-state index is 0.151. The van der Waals surface area contributed by atoms with Crippen LogP contribution >= 0.6 is 15.9 Å². The van der Waals surface area contributed by atoms with E-state index in [1.807, 2.05) is 6.07 Å². The highest BCUT2D eigenvalue weighted by Crippen LogP contribution is 2.34. The summed E-state index contributed by atoms with van der Waals surface area (Å²) in [5, 5.41) is 2.86. The molecule has 0 aliphatic carbocycles. The molecule has 1 aliphatic rings. The lowest BCUT2D eigenvalue weighted by atomic mass is 10.1. The van der Waals surface area contributed by atoms with Crippen LogP contribution in [0, 0.1) is 5.82 Å². The van der Waals surface area contributed by atoms with Crippen LogP contribution in [0.3, 0.4) is 0 Å². The summed E-state index contributed by atoms with van der Waals surface area (Å²) in [6, 6.07) is 12.8. The molecule has 0 radical (unpaired) electrons. The maximum absolute atomic E-state index is 13.3. The summed E-state index contributed by atoms with van der Waals surface area (Å²) in [7, 11) is -3.79. The van der Waals surface area contributed by atoms with Gasteiger partial charge < -0.3 is 5.32 Å². The molecule has 4 nitrogen and oxygen atoms in total. The molecule has 118 valence electrons. The van der Waals surface area contributed by atoms with Gasteiger partial charge in [0.2, 0.25) is 0 Å². The van der Waals surface area contributed by atoms with Gasteiger partial charge in [-0.2, -0.15) is 8.42 Å². The third-order valence-electron chi connectivity index (χ3n) is 3.34. The number of halogens is 2. The van der Waals surface area contributed by atoms with Gasteiger partial charge in [-0.25, -0.2) is 4.39 Å². The van der Waals surface area contributed by atoms with E-state index < -0.39 is 15.8 Å².